The Morgan fingerprint density at radius 3 is 2.03 bits per heavy atom. The molecule has 0 unspecified atom stereocenters. The van der Waals surface area contributed by atoms with Gasteiger partial charge in [-0.3, -0.25) is 9.59 Å². The van der Waals surface area contributed by atoms with Crippen LogP contribution < -0.4 is 10.6 Å². The van der Waals surface area contributed by atoms with Crippen molar-refractivity contribution >= 4 is 50.6 Å². The van der Waals surface area contributed by atoms with E-state index in [2.05, 4.69) is 10.6 Å². The average molecular weight is 456 g/mol. The number of aromatic nitrogens is 1. The van der Waals surface area contributed by atoms with E-state index in [0.29, 0.717) is 11.3 Å². The summed E-state index contributed by atoms with van der Waals surface area (Å²) >= 11 is 0. The molecule has 0 fully saturated rings. The predicted molar refractivity (Wildman–Crippen MR) is 137 cm³/mol. The molecule has 1 aromatic heterocycles. The Balaban J connectivity index is 1.63. The molecule has 174 valence electrons. The minimum Gasteiger partial charge on any atom is -0.392 e. The Hall–Kier alpha value is -3.77. The third kappa shape index (κ3) is 5.24. The highest BCUT2D eigenvalue weighted by molar-refractivity contribution is 6.08. The molecule has 0 aliphatic heterocycles. The highest BCUT2D eigenvalue weighted by Crippen LogP contribution is 2.34. The molecule has 0 bridgehead atoms. The summed E-state index contributed by atoms with van der Waals surface area (Å²) in [6.07, 6.45) is 0.303. The summed E-state index contributed by atoms with van der Waals surface area (Å²) in [6.45, 7) is 5.38. The molecule has 0 aliphatic carbocycles. The van der Waals surface area contributed by atoms with Gasteiger partial charge in [-0.15, -0.1) is 0 Å². The maximum atomic E-state index is 12.5. The Morgan fingerprint density at radius 2 is 1.44 bits per heavy atom. The van der Waals surface area contributed by atoms with Crippen LogP contribution in [0.2, 0.25) is 0 Å². The normalized spacial score (nSPS) is 11.5. The van der Waals surface area contributed by atoms with Crippen molar-refractivity contribution in [1.82, 2.24) is 4.98 Å². The maximum Gasteiger partial charge on any atom is 0.224 e. The number of fused-ring (bicyclic) bond motifs is 2. The Labute approximate surface area is 199 Å². The number of nitrogens with one attached hydrogen (secondary N) is 2. The third-order valence-corrected chi connectivity index (χ3v) is 5.73. The second-order valence-electron chi connectivity index (χ2n) is 9.44. The molecule has 1 heterocycles. The first-order valence-corrected chi connectivity index (χ1v) is 11.4. The van der Waals surface area contributed by atoms with Gasteiger partial charge in [0.2, 0.25) is 5.91 Å². The third-order valence-electron chi connectivity index (χ3n) is 5.73. The number of hydrogen-bond donors (Lipinski definition) is 3. The van der Waals surface area contributed by atoms with Gasteiger partial charge in [0.25, 0.3) is 0 Å². The van der Waals surface area contributed by atoms with Gasteiger partial charge in [-0.05, 0) is 35.9 Å². The van der Waals surface area contributed by atoms with Gasteiger partial charge in [0.1, 0.15) is 5.78 Å². The molecular weight excluding hydrogens is 426 g/mol. The van der Waals surface area contributed by atoms with E-state index in [9.17, 15) is 14.7 Å². The van der Waals surface area contributed by atoms with Gasteiger partial charge < -0.3 is 15.7 Å². The van der Waals surface area contributed by atoms with Gasteiger partial charge in [0.15, 0.2) is 0 Å². The summed E-state index contributed by atoms with van der Waals surface area (Å²) in [6, 6.07) is 21.2. The van der Waals surface area contributed by atoms with E-state index in [-0.39, 0.29) is 31.1 Å². The lowest BCUT2D eigenvalue weighted by Gasteiger charge is -2.17. The van der Waals surface area contributed by atoms with Crippen molar-refractivity contribution in [3.63, 3.8) is 0 Å². The van der Waals surface area contributed by atoms with Crippen LogP contribution >= 0.6 is 0 Å². The van der Waals surface area contributed by atoms with Crippen molar-refractivity contribution in [2.75, 3.05) is 10.6 Å². The number of anilines is 3. The molecule has 3 N–H and O–H groups in total. The standard InChI is InChI=1S/C28H29N3O3/c1-28(2,3)25(33)12-13-26(34)29-19-14-18(17-32)15-20(16-19)30-27-21-8-4-6-10-23(21)31-24-11-7-5-9-22(24)27/h4-11,14-16,32H,12-13,17H2,1-3H3,(H,29,34)(H,30,31). The second-order valence-corrected chi connectivity index (χ2v) is 9.44. The number of carbonyl (C=O) groups excluding carboxylic acids is 2. The number of para-hydroxylation sites is 2. The number of aliphatic hydroxyl groups is 1. The minimum absolute atomic E-state index is 0.0468. The first kappa shape index (κ1) is 23.4. The molecule has 1 amide bonds. The van der Waals surface area contributed by atoms with Crippen LogP contribution in [0, 0.1) is 5.41 Å². The van der Waals surface area contributed by atoms with Crippen LogP contribution in [0.25, 0.3) is 21.8 Å². The summed E-state index contributed by atoms with van der Waals surface area (Å²) in [5, 5.41) is 18.1. The van der Waals surface area contributed by atoms with E-state index in [1.165, 1.54) is 0 Å². The number of nitrogens with zero attached hydrogens (tertiary/aromatic N) is 1. The lowest BCUT2D eigenvalue weighted by molar-refractivity contribution is -0.128. The Morgan fingerprint density at radius 1 is 0.853 bits per heavy atom. The number of pyridine rings is 1. The number of amides is 1. The molecule has 0 atom stereocenters. The largest absolute Gasteiger partial charge is 0.392 e. The van der Waals surface area contributed by atoms with E-state index >= 15 is 0 Å². The monoisotopic (exact) mass is 455 g/mol. The van der Waals surface area contributed by atoms with E-state index in [0.717, 1.165) is 33.2 Å². The van der Waals surface area contributed by atoms with Gasteiger partial charge in [-0.2, -0.15) is 0 Å². The lowest BCUT2D eigenvalue weighted by atomic mass is 9.88. The minimum atomic E-state index is -0.468. The molecule has 4 aromatic rings. The fourth-order valence-corrected chi connectivity index (χ4v) is 3.87. The van der Waals surface area contributed by atoms with Crippen molar-refractivity contribution in [3.8, 4) is 0 Å². The highest BCUT2D eigenvalue weighted by atomic mass is 16.3. The second kappa shape index (κ2) is 9.61. The van der Waals surface area contributed by atoms with Crippen molar-refractivity contribution in [2.45, 2.75) is 40.2 Å². The number of Topliss-reactive ketones (excluding diaryl/α,β-unsaturated/α-hetero) is 1. The van der Waals surface area contributed by atoms with Crippen LogP contribution in [-0.2, 0) is 16.2 Å². The molecule has 0 aliphatic rings. The number of carbonyl (C=O) groups is 2. The van der Waals surface area contributed by atoms with Gasteiger partial charge in [-0.1, -0.05) is 57.2 Å². The summed E-state index contributed by atoms with van der Waals surface area (Å²) in [7, 11) is 0. The van der Waals surface area contributed by atoms with Crippen molar-refractivity contribution in [3.05, 3.63) is 72.3 Å². The molecule has 0 radical (unpaired) electrons. The van der Waals surface area contributed by atoms with Crippen LogP contribution in [-0.4, -0.2) is 21.8 Å². The predicted octanol–water partition coefficient (Wildman–Crippen LogP) is 5.96. The number of hydrogen-bond acceptors (Lipinski definition) is 5. The number of aliphatic hydroxyl groups excluding tert-OH is 1. The first-order chi connectivity index (χ1) is 16.2. The summed E-state index contributed by atoms with van der Waals surface area (Å²) in [5.74, 6) is -0.191. The van der Waals surface area contributed by atoms with Gasteiger partial charge in [0.05, 0.1) is 23.3 Å². The molecule has 0 saturated carbocycles. The van der Waals surface area contributed by atoms with E-state index in [1.807, 2.05) is 81.4 Å². The summed E-state index contributed by atoms with van der Waals surface area (Å²) < 4.78 is 0. The molecular formula is C28H29N3O3. The van der Waals surface area contributed by atoms with Gasteiger partial charge >= 0.3 is 0 Å². The average Bonchev–Trinajstić information content (AvgIpc) is 2.81. The molecule has 34 heavy (non-hydrogen) atoms. The first-order valence-electron chi connectivity index (χ1n) is 11.4. The van der Waals surface area contributed by atoms with Crippen LogP contribution in [0.15, 0.2) is 66.7 Å². The van der Waals surface area contributed by atoms with E-state index in [1.54, 1.807) is 6.07 Å². The van der Waals surface area contributed by atoms with Crippen LogP contribution in [0.3, 0.4) is 0 Å². The molecule has 6 heteroatoms. The number of benzene rings is 3. The Kier molecular flexibility index (Phi) is 6.61. The highest BCUT2D eigenvalue weighted by Gasteiger charge is 2.21. The van der Waals surface area contributed by atoms with E-state index < -0.39 is 5.41 Å². The van der Waals surface area contributed by atoms with Crippen molar-refractivity contribution < 1.29 is 14.7 Å². The van der Waals surface area contributed by atoms with E-state index in [4.69, 9.17) is 4.98 Å². The van der Waals surface area contributed by atoms with Gasteiger partial charge in [-0.25, -0.2) is 4.98 Å². The number of ketones is 1. The fraction of sp³-hybridized carbons (Fsp3) is 0.250. The zero-order valence-corrected chi connectivity index (χ0v) is 19.7. The summed E-state index contributed by atoms with van der Waals surface area (Å²) in [4.78, 5) is 29.4. The molecule has 0 spiro atoms. The zero-order chi connectivity index (χ0) is 24.3. The van der Waals surface area contributed by atoms with Gasteiger partial charge in [0, 0.05) is 40.4 Å². The quantitative estimate of drug-likeness (QED) is 0.299. The van der Waals surface area contributed by atoms with Crippen LogP contribution in [0.4, 0.5) is 17.1 Å². The van der Waals surface area contributed by atoms with Crippen molar-refractivity contribution in [2.24, 2.45) is 5.41 Å². The SMILES string of the molecule is CC(C)(C)C(=O)CCC(=O)Nc1cc(CO)cc(Nc2c3ccccc3nc3ccccc23)c1. The fourth-order valence-electron chi connectivity index (χ4n) is 3.87. The lowest BCUT2D eigenvalue weighted by Crippen LogP contribution is -2.22. The molecule has 0 saturated heterocycles. The van der Waals surface area contributed by atoms with Crippen LogP contribution in [0.1, 0.15) is 39.2 Å². The zero-order valence-electron chi connectivity index (χ0n) is 19.7. The smallest absolute Gasteiger partial charge is 0.224 e. The maximum absolute atomic E-state index is 12.5. The number of rotatable bonds is 7. The Bertz CT molecular complexity index is 1320. The summed E-state index contributed by atoms with van der Waals surface area (Å²) in [5.41, 5.74) is 4.14. The molecule has 3 aromatic carbocycles. The molecule has 6 nitrogen and oxygen atoms in total. The van der Waals surface area contributed by atoms with Crippen molar-refractivity contribution in [1.29, 1.82) is 0 Å². The van der Waals surface area contributed by atoms with Crippen LogP contribution in [0.5, 0.6) is 0 Å². The molecule has 4 rings (SSSR count). The topological polar surface area (TPSA) is 91.3 Å².